The minimum atomic E-state index is -1.25. The third-order valence-electron chi connectivity index (χ3n) is 5.31. The summed E-state index contributed by atoms with van der Waals surface area (Å²) in [5, 5.41) is 5.31. The summed E-state index contributed by atoms with van der Waals surface area (Å²) in [7, 11) is 0. The van der Waals surface area contributed by atoms with Crippen molar-refractivity contribution in [2.24, 2.45) is 0 Å². The van der Waals surface area contributed by atoms with Crippen LogP contribution in [0.4, 0.5) is 10.5 Å². The van der Waals surface area contributed by atoms with Crippen LogP contribution < -0.4 is 10.6 Å². The molecule has 4 amide bonds. The summed E-state index contributed by atoms with van der Waals surface area (Å²) >= 11 is 0. The molecule has 156 valence electrons. The van der Waals surface area contributed by atoms with Gasteiger partial charge in [0.15, 0.2) is 5.78 Å². The van der Waals surface area contributed by atoms with Crippen LogP contribution in [-0.4, -0.2) is 35.1 Å². The standard InChI is InChI=1S/C23H25N3O4/c1-14(2)16-9-11-17(12-10-16)23(4)21(29)26(22(30)25-23)13-20(28)24-19-8-6-5-7-18(19)15(3)27/h5-12,14H,13H2,1-4H3,(H,24,28)(H,25,30)/t23-/m0/s1. The lowest BCUT2D eigenvalue weighted by molar-refractivity contribution is -0.133. The lowest BCUT2D eigenvalue weighted by atomic mass is 9.90. The van der Waals surface area contributed by atoms with E-state index in [9.17, 15) is 19.2 Å². The van der Waals surface area contributed by atoms with E-state index in [1.54, 1.807) is 31.2 Å². The maximum absolute atomic E-state index is 13.0. The summed E-state index contributed by atoms with van der Waals surface area (Å²) in [5.41, 5.74) is 1.23. The van der Waals surface area contributed by atoms with E-state index in [2.05, 4.69) is 24.5 Å². The Morgan fingerprint density at radius 3 is 2.30 bits per heavy atom. The van der Waals surface area contributed by atoms with Gasteiger partial charge in [0.05, 0.1) is 5.69 Å². The van der Waals surface area contributed by atoms with E-state index in [-0.39, 0.29) is 5.78 Å². The molecule has 2 N–H and O–H groups in total. The first kappa shape index (κ1) is 21.2. The van der Waals surface area contributed by atoms with Gasteiger partial charge in [-0.2, -0.15) is 0 Å². The van der Waals surface area contributed by atoms with Crippen molar-refractivity contribution in [3.05, 3.63) is 65.2 Å². The number of nitrogens with zero attached hydrogens (tertiary/aromatic N) is 1. The van der Waals surface area contributed by atoms with Crippen LogP contribution in [0.25, 0.3) is 0 Å². The molecule has 0 radical (unpaired) electrons. The number of para-hydroxylation sites is 1. The van der Waals surface area contributed by atoms with Gasteiger partial charge in [-0.05, 0) is 43.0 Å². The van der Waals surface area contributed by atoms with Gasteiger partial charge in [0, 0.05) is 5.56 Å². The second-order valence-corrected chi connectivity index (χ2v) is 7.87. The van der Waals surface area contributed by atoms with Crippen molar-refractivity contribution in [1.82, 2.24) is 10.2 Å². The van der Waals surface area contributed by atoms with Crippen molar-refractivity contribution in [2.75, 3.05) is 11.9 Å². The second-order valence-electron chi connectivity index (χ2n) is 7.87. The molecule has 0 spiro atoms. The fourth-order valence-corrected chi connectivity index (χ4v) is 3.47. The molecule has 1 fully saturated rings. The predicted octanol–water partition coefficient (Wildman–Crippen LogP) is 3.42. The molecule has 30 heavy (non-hydrogen) atoms. The minimum absolute atomic E-state index is 0.196. The fraction of sp³-hybridized carbons (Fsp3) is 0.304. The topological polar surface area (TPSA) is 95.6 Å². The second kappa shape index (κ2) is 8.10. The molecule has 2 aromatic carbocycles. The van der Waals surface area contributed by atoms with Crippen molar-refractivity contribution in [3.63, 3.8) is 0 Å². The number of hydrogen-bond acceptors (Lipinski definition) is 4. The minimum Gasteiger partial charge on any atom is -0.324 e. The van der Waals surface area contributed by atoms with Crippen molar-refractivity contribution < 1.29 is 19.2 Å². The lowest BCUT2D eigenvalue weighted by Gasteiger charge is -2.23. The van der Waals surface area contributed by atoms with Gasteiger partial charge in [0.2, 0.25) is 5.91 Å². The van der Waals surface area contributed by atoms with Crippen molar-refractivity contribution >= 4 is 29.3 Å². The van der Waals surface area contributed by atoms with Gasteiger partial charge in [-0.25, -0.2) is 4.79 Å². The number of benzene rings is 2. The lowest BCUT2D eigenvalue weighted by Crippen LogP contribution is -2.42. The van der Waals surface area contributed by atoms with Crippen LogP contribution in [0, 0.1) is 0 Å². The molecule has 1 aliphatic heterocycles. The molecule has 0 aliphatic carbocycles. The van der Waals surface area contributed by atoms with Crippen LogP contribution in [0.3, 0.4) is 0 Å². The quantitative estimate of drug-likeness (QED) is 0.567. The number of Topliss-reactive ketones (excluding diaryl/α,β-unsaturated/α-hetero) is 1. The fourth-order valence-electron chi connectivity index (χ4n) is 3.47. The maximum Gasteiger partial charge on any atom is 0.325 e. The van der Waals surface area contributed by atoms with Crippen molar-refractivity contribution in [3.8, 4) is 0 Å². The number of carbonyl (C=O) groups is 4. The number of imide groups is 1. The van der Waals surface area contributed by atoms with Gasteiger partial charge < -0.3 is 10.6 Å². The third-order valence-corrected chi connectivity index (χ3v) is 5.31. The molecule has 2 aromatic rings. The van der Waals surface area contributed by atoms with Crippen LogP contribution in [0.1, 0.15) is 55.1 Å². The number of carbonyl (C=O) groups excluding carboxylic acids is 4. The molecule has 0 aromatic heterocycles. The Bertz CT molecular complexity index is 1010. The number of rotatable bonds is 6. The normalized spacial score (nSPS) is 18.5. The highest BCUT2D eigenvalue weighted by atomic mass is 16.2. The van der Waals surface area contributed by atoms with E-state index in [4.69, 9.17) is 0 Å². The first-order valence-electron chi connectivity index (χ1n) is 9.78. The van der Waals surface area contributed by atoms with E-state index in [1.165, 1.54) is 6.92 Å². The summed E-state index contributed by atoms with van der Waals surface area (Å²) in [6.07, 6.45) is 0. The molecule has 7 heteroatoms. The number of nitrogens with one attached hydrogen (secondary N) is 2. The molecule has 7 nitrogen and oxygen atoms in total. The highest BCUT2D eigenvalue weighted by Gasteiger charge is 2.49. The summed E-state index contributed by atoms with van der Waals surface area (Å²) in [6.45, 7) is 6.73. The average molecular weight is 407 g/mol. The Kier molecular flexibility index (Phi) is 5.73. The number of ketones is 1. The van der Waals surface area contributed by atoms with Gasteiger partial charge in [-0.1, -0.05) is 50.2 Å². The number of urea groups is 1. The first-order valence-corrected chi connectivity index (χ1v) is 9.78. The number of anilines is 1. The maximum atomic E-state index is 13.0. The summed E-state index contributed by atoms with van der Waals surface area (Å²) < 4.78 is 0. The highest BCUT2D eigenvalue weighted by molar-refractivity contribution is 6.11. The zero-order valence-corrected chi connectivity index (χ0v) is 17.5. The molecule has 1 saturated heterocycles. The predicted molar refractivity (Wildman–Crippen MR) is 113 cm³/mol. The first-order chi connectivity index (χ1) is 14.1. The molecular formula is C23H25N3O4. The SMILES string of the molecule is CC(=O)c1ccccc1NC(=O)CN1C(=O)N[C@@](C)(c2ccc(C(C)C)cc2)C1=O. The Labute approximate surface area is 175 Å². The summed E-state index contributed by atoms with van der Waals surface area (Å²) in [6, 6.07) is 13.4. The Balaban J connectivity index is 1.76. The van der Waals surface area contributed by atoms with E-state index < -0.39 is 29.9 Å². The molecule has 0 unspecified atom stereocenters. The van der Waals surface area contributed by atoms with E-state index >= 15 is 0 Å². The van der Waals surface area contributed by atoms with E-state index in [1.807, 2.05) is 24.3 Å². The third kappa shape index (κ3) is 3.96. The van der Waals surface area contributed by atoms with E-state index in [0.29, 0.717) is 22.7 Å². The van der Waals surface area contributed by atoms with Crippen molar-refractivity contribution in [1.29, 1.82) is 0 Å². The number of hydrogen-bond donors (Lipinski definition) is 2. The van der Waals surface area contributed by atoms with Gasteiger partial charge in [-0.15, -0.1) is 0 Å². The Morgan fingerprint density at radius 2 is 1.70 bits per heavy atom. The molecular weight excluding hydrogens is 382 g/mol. The van der Waals surface area contributed by atoms with Gasteiger partial charge >= 0.3 is 6.03 Å². The summed E-state index contributed by atoms with van der Waals surface area (Å²) in [4.78, 5) is 50.6. The van der Waals surface area contributed by atoms with Crippen LogP contribution in [0.15, 0.2) is 48.5 Å². The smallest absolute Gasteiger partial charge is 0.324 e. The average Bonchev–Trinajstić information content (AvgIpc) is 2.92. The van der Waals surface area contributed by atoms with Crippen LogP contribution in [0.2, 0.25) is 0 Å². The molecule has 1 aliphatic rings. The number of amides is 4. The van der Waals surface area contributed by atoms with Crippen LogP contribution >= 0.6 is 0 Å². The van der Waals surface area contributed by atoms with Gasteiger partial charge in [-0.3, -0.25) is 19.3 Å². The molecule has 0 bridgehead atoms. The highest BCUT2D eigenvalue weighted by Crippen LogP contribution is 2.30. The molecule has 1 atom stereocenters. The van der Waals surface area contributed by atoms with Crippen LogP contribution in [-0.2, 0) is 15.1 Å². The largest absolute Gasteiger partial charge is 0.325 e. The van der Waals surface area contributed by atoms with Gasteiger partial charge in [0.25, 0.3) is 5.91 Å². The van der Waals surface area contributed by atoms with Gasteiger partial charge in [0.1, 0.15) is 12.1 Å². The van der Waals surface area contributed by atoms with E-state index in [0.717, 1.165) is 10.5 Å². The van der Waals surface area contributed by atoms with Crippen molar-refractivity contribution in [2.45, 2.75) is 39.2 Å². The molecule has 1 heterocycles. The van der Waals surface area contributed by atoms with Crippen LogP contribution in [0.5, 0.6) is 0 Å². The zero-order chi connectivity index (χ0) is 22.1. The Hall–Kier alpha value is -3.48. The molecule has 3 rings (SSSR count). The zero-order valence-electron chi connectivity index (χ0n) is 17.5. The summed E-state index contributed by atoms with van der Waals surface area (Å²) in [5.74, 6) is -0.913. The Morgan fingerprint density at radius 1 is 1.07 bits per heavy atom. The molecule has 0 saturated carbocycles. The monoisotopic (exact) mass is 407 g/mol.